The first-order chi connectivity index (χ1) is 6.22. The summed E-state index contributed by atoms with van der Waals surface area (Å²) in [5.74, 6) is 0.564. The summed E-state index contributed by atoms with van der Waals surface area (Å²) < 4.78 is 0. The summed E-state index contributed by atoms with van der Waals surface area (Å²) in [7, 11) is 1.72. The van der Waals surface area contributed by atoms with Crippen molar-refractivity contribution in [3.05, 3.63) is 10.4 Å². The second-order valence-corrected chi connectivity index (χ2v) is 3.03. The molecule has 0 bridgehead atoms. The minimum Gasteiger partial charge on any atom is -0.372 e. The molecular weight excluding hydrogens is 213 g/mol. The number of aromatic nitrogens is 4. The first kappa shape index (κ1) is 8.52. The lowest BCUT2D eigenvalue weighted by molar-refractivity contribution is 1.09. The van der Waals surface area contributed by atoms with Gasteiger partial charge in [0.2, 0.25) is 5.28 Å². The Labute approximate surface area is 83.5 Å². The number of hydrogen-bond donors (Lipinski definition) is 2. The third-order valence-electron chi connectivity index (χ3n) is 1.58. The lowest BCUT2D eigenvalue weighted by atomic mass is 10.4. The molecule has 2 aromatic rings. The van der Waals surface area contributed by atoms with Crippen molar-refractivity contribution in [1.82, 2.24) is 20.2 Å². The summed E-state index contributed by atoms with van der Waals surface area (Å²) in [5.41, 5.74) is 0.523. The largest absolute Gasteiger partial charge is 0.372 e. The monoisotopic (exact) mass is 217 g/mol. The van der Waals surface area contributed by atoms with Crippen molar-refractivity contribution in [3.8, 4) is 0 Å². The first-order valence-corrected chi connectivity index (χ1v) is 4.23. The average Bonchev–Trinajstić information content (AvgIpc) is 2.46. The van der Waals surface area contributed by atoms with E-state index < -0.39 is 0 Å². The highest BCUT2D eigenvalue weighted by molar-refractivity contribution is 6.35. The number of hydrogen-bond acceptors (Lipinski definition) is 4. The molecule has 68 valence electrons. The molecule has 0 aliphatic rings. The highest BCUT2D eigenvalue weighted by Gasteiger charge is 2.11. The Bertz CT molecular complexity index is 451. The average molecular weight is 218 g/mol. The number of nitrogens with one attached hydrogen (secondary N) is 2. The molecule has 0 aliphatic carbocycles. The Morgan fingerprint density at radius 2 is 2.08 bits per heavy atom. The molecule has 0 spiro atoms. The molecule has 2 N–H and O–H groups in total. The van der Waals surface area contributed by atoms with Crippen molar-refractivity contribution >= 4 is 40.1 Å². The Morgan fingerprint density at radius 3 is 2.77 bits per heavy atom. The van der Waals surface area contributed by atoms with Gasteiger partial charge < -0.3 is 5.32 Å². The molecule has 0 saturated carbocycles. The zero-order chi connectivity index (χ0) is 9.42. The lowest BCUT2D eigenvalue weighted by Gasteiger charge is -1.99. The van der Waals surface area contributed by atoms with E-state index in [1.807, 2.05) is 0 Å². The van der Waals surface area contributed by atoms with E-state index in [4.69, 9.17) is 23.2 Å². The van der Waals surface area contributed by atoms with Crippen LogP contribution in [-0.2, 0) is 0 Å². The minimum absolute atomic E-state index is 0.150. The van der Waals surface area contributed by atoms with Crippen LogP contribution in [0, 0.1) is 0 Å². The van der Waals surface area contributed by atoms with Crippen molar-refractivity contribution in [2.24, 2.45) is 0 Å². The van der Waals surface area contributed by atoms with Crippen LogP contribution in [0.1, 0.15) is 0 Å². The minimum atomic E-state index is 0.150. The van der Waals surface area contributed by atoms with Gasteiger partial charge in [0.15, 0.2) is 10.8 Å². The number of fused-ring (bicyclic) bond motifs is 1. The van der Waals surface area contributed by atoms with Crippen LogP contribution in [0.5, 0.6) is 0 Å². The third-order valence-corrected chi connectivity index (χ3v) is 2.03. The number of nitrogens with zero attached hydrogens (tertiary/aromatic N) is 3. The van der Waals surface area contributed by atoms with Crippen LogP contribution in [0.2, 0.25) is 10.4 Å². The van der Waals surface area contributed by atoms with E-state index in [1.54, 1.807) is 7.05 Å². The van der Waals surface area contributed by atoms with Crippen LogP contribution in [0.15, 0.2) is 0 Å². The van der Waals surface area contributed by atoms with Gasteiger partial charge in [-0.2, -0.15) is 15.1 Å². The summed E-state index contributed by atoms with van der Waals surface area (Å²) >= 11 is 11.5. The zero-order valence-electron chi connectivity index (χ0n) is 6.60. The van der Waals surface area contributed by atoms with Crippen LogP contribution in [0.4, 0.5) is 5.82 Å². The van der Waals surface area contributed by atoms with Gasteiger partial charge in [-0.25, -0.2) is 0 Å². The highest BCUT2D eigenvalue weighted by Crippen LogP contribution is 2.26. The molecule has 2 rings (SSSR count). The molecule has 0 saturated heterocycles. The summed E-state index contributed by atoms with van der Waals surface area (Å²) in [4.78, 5) is 7.87. The molecule has 0 aliphatic heterocycles. The van der Waals surface area contributed by atoms with Gasteiger partial charge in [-0.1, -0.05) is 11.6 Å². The summed E-state index contributed by atoms with van der Waals surface area (Å²) in [6, 6.07) is 0. The van der Waals surface area contributed by atoms with E-state index >= 15 is 0 Å². The zero-order valence-corrected chi connectivity index (χ0v) is 8.11. The van der Waals surface area contributed by atoms with E-state index in [1.165, 1.54) is 0 Å². The second kappa shape index (κ2) is 3.01. The molecule has 0 fully saturated rings. The molecule has 0 aromatic carbocycles. The van der Waals surface area contributed by atoms with E-state index in [-0.39, 0.29) is 5.28 Å². The van der Waals surface area contributed by atoms with Gasteiger partial charge in [0, 0.05) is 7.05 Å². The summed E-state index contributed by atoms with van der Waals surface area (Å²) in [6.45, 7) is 0. The summed E-state index contributed by atoms with van der Waals surface area (Å²) in [6.07, 6.45) is 0. The quantitative estimate of drug-likeness (QED) is 0.715. The predicted molar refractivity (Wildman–Crippen MR) is 51.3 cm³/mol. The van der Waals surface area contributed by atoms with Crippen molar-refractivity contribution in [3.63, 3.8) is 0 Å². The molecule has 0 radical (unpaired) electrons. The van der Waals surface area contributed by atoms with Gasteiger partial charge >= 0.3 is 0 Å². The maximum atomic E-state index is 5.80. The van der Waals surface area contributed by atoms with Crippen LogP contribution < -0.4 is 5.32 Å². The Hall–Kier alpha value is -1.07. The van der Waals surface area contributed by atoms with Crippen molar-refractivity contribution in [2.75, 3.05) is 12.4 Å². The molecule has 0 unspecified atom stereocenters. The number of halogens is 2. The SMILES string of the molecule is CNc1nc(Cl)nc2[nH]nc(Cl)c12. The van der Waals surface area contributed by atoms with E-state index in [2.05, 4.69) is 25.5 Å². The third kappa shape index (κ3) is 1.30. The predicted octanol–water partition coefficient (Wildman–Crippen LogP) is 1.70. The highest BCUT2D eigenvalue weighted by atomic mass is 35.5. The number of anilines is 1. The van der Waals surface area contributed by atoms with Crippen LogP contribution in [-0.4, -0.2) is 27.2 Å². The summed E-state index contributed by atoms with van der Waals surface area (Å²) in [5, 5.41) is 10.4. The normalized spacial score (nSPS) is 10.7. The number of aromatic amines is 1. The van der Waals surface area contributed by atoms with E-state index in [0.29, 0.717) is 22.0 Å². The van der Waals surface area contributed by atoms with Crippen LogP contribution in [0.25, 0.3) is 11.0 Å². The molecule has 2 heterocycles. The van der Waals surface area contributed by atoms with Gasteiger partial charge in [-0.05, 0) is 11.6 Å². The fourth-order valence-corrected chi connectivity index (χ4v) is 1.44. The Kier molecular flexibility index (Phi) is 1.97. The number of rotatable bonds is 1. The fraction of sp³-hybridized carbons (Fsp3) is 0.167. The topological polar surface area (TPSA) is 66.5 Å². The van der Waals surface area contributed by atoms with Gasteiger partial charge in [0.05, 0.1) is 0 Å². The van der Waals surface area contributed by atoms with Crippen LogP contribution in [0.3, 0.4) is 0 Å². The van der Waals surface area contributed by atoms with Crippen molar-refractivity contribution in [1.29, 1.82) is 0 Å². The van der Waals surface area contributed by atoms with E-state index in [9.17, 15) is 0 Å². The molecule has 7 heteroatoms. The van der Waals surface area contributed by atoms with E-state index in [0.717, 1.165) is 0 Å². The standard InChI is InChI=1S/C6H5Cl2N5/c1-9-4-2-3(7)12-13-5(2)11-6(8)10-4/h1H3,(H2,9,10,11,12,13). The number of H-pyrrole nitrogens is 1. The molecular formula is C6H5Cl2N5. The molecule has 0 amide bonds. The Morgan fingerprint density at radius 1 is 1.31 bits per heavy atom. The molecule has 2 aromatic heterocycles. The van der Waals surface area contributed by atoms with Crippen LogP contribution >= 0.6 is 23.2 Å². The molecule has 5 nitrogen and oxygen atoms in total. The van der Waals surface area contributed by atoms with Gasteiger partial charge in [-0.3, -0.25) is 5.10 Å². The maximum Gasteiger partial charge on any atom is 0.226 e. The molecule has 13 heavy (non-hydrogen) atoms. The lowest BCUT2D eigenvalue weighted by Crippen LogP contribution is -1.95. The first-order valence-electron chi connectivity index (χ1n) is 3.47. The van der Waals surface area contributed by atoms with Gasteiger partial charge in [0.25, 0.3) is 0 Å². The smallest absolute Gasteiger partial charge is 0.226 e. The van der Waals surface area contributed by atoms with Gasteiger partial charge in [0.1, 0.15) is 11.2 Å². The maximum absolute atomic E-state index is 5.80. The van der Waals surface area contributed by atoms with Gasteiger partial charge in [-0.15, -0.1) is 0 Å². The van der Waals surface area contributed by atoms with Crippen molar-refractivity contribution in [2.45, 2.75) is 0 Å². The second-order valence-electron chi connectivity index (χ2n) is 2.33. The molecule has 0 atom stereocenters. The Balaban J connectivity index is 2.85. The van der Waals surface area contributed by atoms with Crippen molar-refractivity contribution < 1.29 is 0 Å². The fourth-order valence-electron chi connectivity index (χ4n) is 1.05.